The summed E-state index contributed by atoms with van der Waals surface area (Å²) >= 11 is 1.94. The fourth-order valence-corrected chi connectivity index (χ4v) is 3.08. The van der Waals surface area contributed by atoms with E-state index in [2.05, 4.69) is 4.90 Å². The van der Waals surface area contributed by atoms with Crippen molar-refractivity contribution in [2.24, 2.45) is 0 Å². The van der Waals surface area contributed by atoms with E-state index in [0.717, 1.165) is 36.7 Å². The van der Waals surface area contributed by atoms with Gasteiger partial charge in [-0.25, -0.2) is 4.39 Å². The van der Waals surface area contributed by atoms with Crippen LogP contribution in [0.2, 0.25) is 0 Å². The summed E-state index contributed by atoms with van der Waals surface area (Å²) < 4.78 is 13.6. The molecule has 0 bridgehead atoms. The molecule has 0 radical (unpaired) electrons. The Bertz CT molecular complexity index is 453. The zero-order chi connectivity index (χ0) is 13.1. The highest BCUT2D eigenvalue weighted by Gasteiger charge is 2.18. The maximum absolute atomic E-state index is 13.6. The third-order valence-corrected chi connectivity index (χ3v) is 4.27. The van der Waals surface area contributed by atoms with E-state index in [-0.39, 0.29) is 11.6 Å². The van der Waals surface area contributed by atoms with Gasteiger partial charge in [-0.15, -0.1) is 0 Å². The largest absolute Gasteiger partial charge is 0.370 e. The highest BCUT2D eigenvalue weighted by molar-refractivity contribution is 7.99. The fraction of sp³-hybridized carbons (Fsp3) is 0.500. The number of thioether (sulfide) groups is 1. The van der Waals surface area contributed by atoms with E-state index >= 15 is 0 Å². The minimum atomic E-state index is -0.298. The molecule has 4 heteroatoms. The van der Waals surface area contributed by atoms with Gasteiger partial charge in [0.2, 0.25) is 0 Å². The zero-order valence-corrected chi connectivity index (χ0v) is 11.6. The predicted molar refractivity (Wildman–Crippen MR) is 75.3 cm³/mol. The topological polar surface area (TPSA) is 20.3 Å². The fourth-order valence-electron chi connectivity index (χ4n) is 2.20. The first-order valence-electron chi connectivity index (χ1n) is 6.23. The third-order valence-electron chi connectivity index (χ3n) is 3.22. The molecule has 0 aliphatic carbocycles. The van der Waals surface area contributed by atoms with Crippen LogP contribution in [0.4, 0.5) is 10.1 Å². The van der Waals surface area contributed by atoms with Gasteiger partial charge in [-0.2, -0.15) is 11.8 Å². The number of nitrogens with zero attached hydrogens (tertiary/aromatic N) is 1. The average Bonchev–Trinajstić information content (AvgIpc) is 2.60. The van der Waals surface area contributed by atoms with Crippen molar-refractivity contribution in [3.05, 3.63) is 29.1 Å². The van der Waals surface area contributed by atoms with Crippen molar-refractivity contribution in [2.45, 2.75) is 20.3 Å². The van der Waals surface area contributed by atoms with Gasteiger partial charge in [0.05, 0.1) is 0 Å². The predicted octanol–water partition coefficient (Wildman–Crippen LogP) is 3.28. The smallest absolute Gasteiger partial charge is 0.161 e. The standard InChI is InChI=1S/C14H18FNOS/c1-10-8-14(12(11(2)17)9-13(10)15)16-4-3-6-18-7-5-16/h8-9H,3-7H2,1-2H3. The number of carbonyl (C=O) groups excluding carboxylic acids is 1. The van der Waals surface area contributed by atoms with Gasteiger partial charge in [0.15, 0.2) is 5.78 Å². The first kappa shape index (κ1) is 13.4. The van der Waals surface area contributed by atoms with Gasteiger partial charge >= 0.3 is 0 Å². The van der Waals surface area contributed by atoms with Crippen LogP contribution in [0.5, 0.6) is 0 Å². The van der Waals surface area contributed by atoms with Crippen molar-refractivity contribution in [3.63, 3.8) is 0 Å². The Hall–Kier alpha value is -1.03. The van der Waals surface area contributed by atoms with Crippen LogP contribution in [0.15, 0.2) is 12.1 Å². The number of hydrogen-bond acceptors (Lipinski definition) is 3. The number of hydrogen-bond donors (Lipinski definition) is 0. The van der Waals surface area contributed by atoms with Crippen molar-refractivity contribution < 1.29 is 9.18 Å². The Morgan fingerprint density at radius 3 is 2.83 bits per heavy atom. The number of Topliss-reactive ketones (excluding diaryl/α,β-unsaturated/α-hetero) is 1. The number of rotatable bonds is 2. The summed E-state index contributed by atoms with van der Waals surface area (Å²) in [6, 6.07) is 3.19. The molecule has 0 spiro atoms. The van der Waals surface area contributed by atoms with E-state index < -0.39 is 0 Å². The molecule has 1 aromatic carbocycles. The van der Waals surface area contributed by atoms with E-state index in [1.54, 1.807) is 6.92 Å². The summed E-state index contributed by atoms with van der Waals surface area (Å²) in [5.41, 5.74) is 2.00. The second-order valence-electron chi connectivity index (χ2n) is 4.63. The maximum Gasteiger partial charge on any atom is 0.161 e. The molecule has 98 valence electrons. The Morgan fingerprint density at radius 2 is 2.11 bits per heavy atom. The molecule has 1 saturated heterocycles. The maximum atomic E-state index is 13.6. The zero-order valence-electron chi connectivity index (χ0n) is 10.8. The van der Waals surface area contributed by atoms with Crippen LogP contribution in [0, 0.1) is 12.7 Å². The Labute approximate surface area is 112 Å². The molecule has 0 amide bonds. The number of carbonyl (C=O) groups is 1. The summed E-state index contributed by atoms with van der Waals surface area (Å²) in [5.74, 6) is 1.86. The van der Waals surface area contributed by atoms with Gasteiger partial charge < -0.3 is 4.90 Å². The first-order chi connectivity index (χ1) is 8.59. The molecule has 0 saturated carbocycles. The molecule has 0 unspecified atom stereocenters. The normalized spacial score (nSPS) is 16.5. The summed E-state index contributed by atoms with van der Waals surface area (Å²) in [5, 5.41) is 0. The van der Waals surface area contributed by atoms with Gasteiger partial charge in [0.25, 0.3) is 0 Å². The molecular formula is C14H18FNOS. The van der Waals surface area contributed by atoms with Crippen LogP contribution in [-0.4, -0.2) is 30.4 Å². The molecule has 1 aliphatic heterocycles. The molecule has 0 atom stereocenters. The quantitative estimate of drug-likeness (QED) is 0.767. The van der Waals surface area contributed by atoms with Crippen molar-refractivity contribution in [1.82, 2.24) is 0 Å². The molecule has 0 N–H and O–H groups in total. The summed E-state index contributed by atoms with van der Waals surface area (Å²) in [6.07, 6.45) is 1.11. The van der Waals surface area contributed by atoms with Crippen LogP contribution < -0.4 is 4.90 Å². The molecule has 1 fully saturated rings. The van der Waals surface area contributed by atoms with E-state index in [1.165, 1.54) is 13.0 Å². The highest BCUT2D eigenvalue weighted by Crippen LogP contribution is 2.27. The van der Waals surface area contributed by atoms with Crippen molar-refractivity contribution in [2.75, 3.05) is 29.5 Å². The molecule has 1 heterocycles. The van der Waals surface area contributed by atoms with Gasteiger partial charge in [0.1, 0.15) is 5.82 Å². The molecule has 1 aromatic rings. The lowest BCUT2D eigenvalue weighted by atomic mass is 10.0. The number of ketones is 1. The van der Waals surface area contributed by atoms with E-state index in [0.29, 0.717) is 11.1 Å². The molecule has 2 nitrogen and oxygen atoms in total. The van der Waals surface area contributed by atoms with Crippen LogP contribution >= 0.6 is 11.8 Å². The number of benzene rings is 1. The van der Waals surface area contributed by atoms with Crippen LogP contribution in [0.1, 0.15) is 29.3 Å². The summed E-state index contributed by atoms with van der Waals surface area (Å²) in [6.45, 7) is 5.11. The molecule has 18 heavy (non-hydrogen) atoms. The van der Waals surface area contributed by atoms with Crippen LogP contribution in [0.25, 0.3) is 0 Å². The lowest BCUT2D eigenvalue weighted by Crippen LogP contribution is -2.27. The van der Waals surface area contributed by atoms with E-state index in [1.807, 2.05) is 17.8 Å². The van der Waals surface area contributed by atoms with E-state index in [9.17, 15) is 9.18 Å². The number of anilines is 1. The Balaban J connectivity index is 2.40. The average molecular weight is 267 g/mol. The second kappa shape index (κ2) is 5.74. The van der Waals surface area contributed by atoms with Crippen LogP contribution in [0.3, 0.4) is 0 Å². The minimum absolute atomic E-state index is 0.0687. The summed E-state index contributed by atoms with van der Waals surface area (Å²) in [7, 11) is 0. The number of aryl methyl sites for hydroxylation is 1. The monoisotopic (exact) mass is 267 g/mol. The molecule has 2 rings (SSSR count). The van der Waals surface area contributed by atoms with Gasteiger partial charge in [-0.1, -0.05) is 0 Å². The van der Waals surface area contributed by atoms with Gasteiger partial charge in [-0.3, -0.25) is 4.79 Å². The van der Waals surface area contributed by atoms with Gasteiger partial charge in [0, 0.05) is 30.1 Å². The van der Waals surface area contributed by atoms with Crippen molar-refractivity contribution in [3.8, 4) is 0 Å². The van der Waals surface area contributed by atoms with E-state index in [4.69, 9.17) is 0 Å². The van der Waals surface area contributed by atoms with Gasteiger partial charge in [-0.05, 0) is 43.7 Å². The minimum Gasteiger partial charge on any atom is -0.370 e. The lowest BCUT2D eigenvalue weighted by molar-refractivity contribution is 0.101. The second-order valence-corrected chi connectivity index (χ2v) is 5.85. The Kier molecular flexibility index (Phi) is 4.27. The third kappa shape index (κ3) is 2.86. The first-order valence-corrected chi connectivity index (χ1v) is 7.39. The highest BCUT2D eigenvalue weighted by atomic mass is 32.2. The lowest BCUT2D eigenvalue weighted by Gasteiger charge is -2.25. The number of halogens is 1. The molecule has 0 aromatic heterocycles. The van der Waals surface area contributed by atoms with Crippen molar-refractivity contribution >= 4 is 23.2 Å². The SMILES string of the molecule is CC(=O)c1cc(F)c(C)cc1N1CCCSCC1. The molecular weight excluding hydrogens is 249 g/mol. The van der Waals surface area contributed by atoms with Crippen LogP contribution in [-0.2, 0) is 0 Å². The summed E-state index contributed by atoms with van der Waals surface area (Å²) in [4.78, 5) is 13.9. The molecule has 1 aliphatic rings. The van der Waals surface area contributed by atoms with Crippen molar-refractivity contribution in [1.29, 1.82) is 0 Å². The Morgan fingerprint density at radius 1 is 1.33 bits per heavy atom.